The van der Waals surface area contributed by atoms with Crippen LogP contribution in [0.4, 0.5) is 5.69 Å². The van der Waals surface area contributed by atoms with Crippen molar-refractivity contribution >= 4 is 45.7 Å². The lowest BCUT2D eigenvalue weighted by atomic mass is 10.2. The molecule has 0 fully saturated rings. The third-order valence-corrected chi connectivity index (χ3v) is 5.97. The Labute approximate surface area is 156 Å². The number of hydrogen-bond donors (Lipinski definition) is 1. The second-order valence-electron chi connectivity index (χ2n) is 5.58. The van der Waals surface area contributed by atoms with Crippen molar-refractivity contribution in [3.05, 3.63) is 74.6 Å². The summed E-state index contributed by atoms with van der Waals surface area (Å²) < 4.78 is 0. The molecule has 2 aromatic heterocycles. The van der Waals surface area contributed by atoms with Gasteiger partial charge in [0.25, 0.3) is 0 Å². The van der Waals surface area contributed by atoms with Gasteiger partial charge < -0.3 is 10.2 Å². The maximum Gasteiger partial charge on any atom is 0.173 e. The summed E-state index contributed by atoms with van der Waals surface area (Å²) in [5.74, 6) is 0. The quantitative estimate of drug-likeness (QED) is 0.570. The highest BCUT2D eigenvalue weighted by Gasteiger charge is 2.12. The molecule has 0 saturated heterocycles. The van der Waals surface area contributed by atoms with E-state index in [1.807, 2.05) is 12.1 Å². The zero-order valence-electron chi connectivity index (χ0n) is 13.6. The summed E-state index contributed by atoms with van der Waals surface area (Å²) in [5, 5.41) is 8.45. The van der Waals surface area contributed by atoms with Crippen molar-refractivity contribution < 1.29 is 0 Å². The van der Waals surface area contributed by atoms with Gasteiger partial charge in [0.05, 0.1) is 6.54 Å². The lowest BCUT2D eigenvalue weighted by molar-refractivity contribution is 0.428. The molecule has 1 aromatic carbocycles. The normalized spacial score (nSPS) is 10.5. The van der Waals surface area contributed by atoms with E-state index in [9.17, 15) is 0 Å². The van der Waals surface area contributed by atoms with Gasteiger partial charge in [-0.1, -0.05) is 30.3 Å². The fraction of sp³-hybridized carbons (Fsp3) is 0.211. The van der Waals surface area contributed by atoms with E-state index < -0.39 is 0 Å². The highest BCUT2D eigenvalue weighted by molar-refractivity contribution is 7.80. The Morgan fingerprint density at radius 3 is 2.38 bits per heavy atom. The number of nitrogens with one attached hydrogen (secondary N) is 1. The Morgan fingerprint density at radius 2 is 1.71 bits per heavy atom. The molecule has 2 heterocycles. The monoisotopic (exact) mass is 372 g/mol. The molecule has 0 radical (unpaired) electrons. The van der Waals surface area contributed by atoms with Crippen molar-refractivity contribution in [2.75, 3.05) is 11.9 Å². The first kappa shape index (κ1) is 17.1. The molecule has 0 aliphatic heterocycles. The van der Waals surface area contributed by atoms with Crippen molar-refractivity contribution in [1.82, 2.24) is 4.90 Å². The minimum atomic E-state index is 0.786. The molecular formula is C19H20N2S3. The van der Waals surface area contributed by atoms with E-state index in [1.165, 1.54) is 15.3 Å². The molecular weight excluding hydrogens is 352 g/mol. The number of para-hydroxylation sites is 1. The largest absolute Gasteiger partial charge is 0.344 e. The van der Waals surface area contributed by atoms with Crippen LogP contribution in [0, 0.1) is 6.92 Å². The summed E-state index contributed by atoms with van der Waals surface area (Å²) in [6, 6.07) is 16.8. The van der Waals surface area contributed by atoms with Crippen LogP contribution in [0.25, 0.3) is 0 Å². The number of thiocarbonyl (C=S) groups is 1. The van der Waals surface area contributed by atoms with E-state index in [2.05, 4.69) is 64.3 Å². The van der Waals surface area contributed by atoms with Crippen LogP contribution in [0.1, 0.15) is 15.3 Å². The molecule has 0 amide bonds. The molecule has 124 valence electrons. The summed E-state index contributed by atoms with van der Waals surface area (Å²) in [4.78, 5) is 4.98. The maximum absolute atomic E-state index is 5.71. The van der Waals surface area contributed by atoms with Crippen LogP contribution in [0.5, 0.6) is 0 Å². The topological polar surface area (TPSA) is 15.3 Å². The van der Waals surface area contributed by atoms with E-state index in [4.69, 9.17) is 12.2 Å². The lowest BCUT2D eigenvalue weighted by Gasteiger charge is -2.26. The number of thiophene rings is 2. The zero-order chi connectivity index (χ0) is 16.8. The first-order chi connectivity index (χ1) is 11.7. The first-order valence-electron chi connectivity index (χ1n) is 7.88. The molecule has 5 heteroatoms. The van der Waals surface area contributed by atoms with Crippen molar-refractivity contribution in [2.24, 2.45) is 0 Å². The average molecular weight is 373 g/mol. The smallest absolute Gasteiger partial charge is 0.173 e. The molecule has 2 nitrogen and oxygen atoms in total. The van der Waals surface area contributed by atoms with E-state index in [1.54, 1.807) is 22.7 Å². The van der Waals surface area contributed by atoms with E-state index >= 15 is 0 Å². The van der Waals surface area contributed by atoms with Crippen LogP contribution >= 0.6 is 34.9 Å². The Kier molecular flexibility index (Phi) is 6.01. The molecule has 0 saturated carbocycles. The van der Waals surface area contributed by atoms with Gasteiger partial charge >= 0.3 is 0 Å². The molecule has 1 N–H and O–H groups in total. The van der Waals surface area contributed by atoms with Crippen molar-refractivity contribution in [2.45, 2.75) is 19.9 Å². The van der Waals surface area contributed by atoms with Crippen LogP contribution in [0.15, 0.2) is 59.3 Å². The fourth-order valence-corrected chi connectivity index (χ4v) is 4.13. The molecule has 0 aliphatic rings. The molecule has 3 aromatic rings. The van der Waals surface area contributed by atoms with E-state index in [0.717, 1.165) is 30.3 Å². The summed E-state index contributed by atoms with van der Waals surface area (Å²) in [6.45, 7) is 3.86. The third-order valence-electron chi connectivity index (χ3n) is 3.81. The summed E-state index contributed by atoms with van der Waals surface area (Å²) in [6.07, 6.45) is 1.01. The van der Waals surface area contributed by atoms with Gasteiger partial charge in [0, 0.05) is 22.0 Å². The maximum atomic E-state index is 5.71. The van der Waals surface area contributed by atoms with Crippen molar-refractivity contribution in [3.63, 3.8) is 0 Å². The van der Waals surface area contributed by atoms with Gasteiger partial charge in [-0.15, -0.1) is 22.7 Å². The molecule has 0 atom stereocenters. The van der Waals surface area contributed by atoms with Crippen LogP contribution in [0.3, 0.4) is 0 Å². The van der Waals surface area contributed by atoms with Crippen LogP contribution in [-0.4, -0.2) is 16.6 Å². The SMILES string of the molecule is Cc1ccccc1NC(=S)N(CCc1cccs1)Cc1cccs1. The standard InChI is InChI=1S/C19H20N2S3/c1-15-6-2-3-9-18(15)20-19(22)21(14-17-8-5-13-24-17)11-10-16-7-4-12-23-16/h2-9,12-13H,10-11,14H2,1H3,(H,20,22). The minimum absolute atomic E-state index is 0.786. The van der Waals surface area contributed by atoms with Gasteiger partial charge in [-0.05, 0) is 60.1 Å². The van der Waals surface area contributed by atoms with Gasteiger partial charge in [-0.3, -0.25) is 0 Å². The van der Waals surface area contributed by atoms with Gasteiger partial charge in [-0.2, -0.15) is 0 Å². The average Bonchev–Trinajstić information content (AvgIpc) is 3.27. The van der Waals surface area contributed by atoms with Gasteiger partial charge in [0.15, 0.2) is 5.11 Å². The van der Waals surface area contributed by atoms with E-state index in [0.29, 0.717) is 0 Å². The molecule has 0 spiro atoms. The fourth-order valence-electron chi connectivity index (χ4n) is 2.45. The van der Waals surface area contributed by atoms with Crippen molar-refractivity contribution in [1.29, 1.82) is 0 Å². The predicted octanol–water partition coefficient (Wildman–Crippen LogP) is 5.56. The molecule has 0 bridgehead atoms. The summed E-state index contributed by atoms with van der Waals surface area (Å²) in [5.41, 5.74) is 2.28. The number of benzene rings is 1. The second-order valence-corrected chi connectivity index (χ2v) is 8.03. The third kappa shape index (κ3) is 4.66. The minimum Gasteiger partial charge on any atom is -0.344 e. The second kappa shape index (κ2) is 8.42. The number of nitrogens with zero attached hydrogens (tertiary/aromatic N) is 1. The van der Waals surface area contributed by atoms with Crippen molar-refractivity contribution in [3.8, 4) is 0 Å². The number of aryl methyl sites for hydroxylation is 1. The van der Waals surface area contributed by atoms with Gasteiger partial charge in [0.2, 0.25) is 0 Å². The molecule has 0 aliphatic carbocycles. The summed E-state index contributed by atoms with van der Waals surface area (Å²) in [7, 11) is 0. The van der Waals surface area contributed by atoms with Crippen LogP contribution < -0.4 is 5.32 Å². The predicted molar refractivity (Wildman–Crippen MR) is 110 cm³/mol. The number of rotatable bonds is 6. The zero-order valence-corrected chi connectivity index (χ0v) is 16.0. The molecule has 24 heavy (non-hydrogen) atoms. The summed E-state index contributed by atoms with van der Waals surface area (Å²) >= 11 is 9.29. The van der Waals surface area contributed by atoms with Gasteiger partial charge in [0.1, 0.15) is 0 Å². The lowest BCUT2D eigenvalue weighted by Crippen LogP contribution is -2.35. The molecule has 0 unspecified atom stereocenters. The Bertz CT molecular complexity index is 764. The Morgan fingerprint density at radius 1 is 1.00 bits per heavy atom. The van der Waals surface area contributed by atoms with Crippen LogP contribution in [0.2, 0.25) is 0 Å². The van der Waals surface area contributed by atoms with Crippen LogP contribution in [-0.2, 0) is 13.0 Å². The van der Waals surface area contributed by atoms with E-state index in [-0.39, 0.29) is 0 Å². The Balaban J connectivity index is 1.70. The van der Waals surface area contributed by atoms with Gasteiger partial charge in [-0.25, -0.2) is 0 Å². The highest BCUT2D eigenvalue weighted by atomic mass is 32.1. The molecule has 3 rings (SSSR count). The highest BCUT2D eigenvalue weighted by Crippen LogP contribution is 2.18. The number of anilines is 1. The Hall–Kier alpha value is -1.69. The first-order valence-corrected chi connectivity index (χ1v) is 10.1. The number of hydrogen-bond acceptors (Lipinski definition) is 3.